The maximum Gasteiger partial charge on any atom is 0.226 e. The Morgan fingerprint density at radius 1 is 1.09 bits per heavy atom. The van der Waals surface area contributed by atoms with Gasteiger partial charge in [-0.25, -0.2) is 0 Å². The molecular weight excluding hydrogens is 412 g/mol. The highest BCUT2D eigenvalue weighted by Gasteiger charge is 2.42. The number of rotatable bonds is 7. The van der Waals surface area contributed by atoms with Crippen LogP contribution in [0.2, 0.25) is 0 Å². The monoisotopic (exact) mass is 448 g/mol. The minimum atomic E-state index is -0.415. The fraction of sp³-hybridized carbons (Fsp3) is 0.500. The van der Waals surface area contributed by atoms with Gasteiger partial charge < -0.3 is 15.0 Å². The Kier molecular flexibility index (Phi) is 7.61. The van der Waals surface area contributed by atoms with Gasteiger partial charge in [0.1, 0.15) is 0 Å². The zero-order valence-electron chi connectivity index (χ0n) is 19.9. The number of nitrogens with zero attached hydrogens (tertiary/aromatic N) is 1. The number of methoxy groups -OCH3 is 1. The summed E-state index contributed by atoms with van der Waals surface area (Å²) in [6.45, 7) is 2.06. The van der Waals surface area contributed by atoms with Crippen molar-refractivity contribution in [2.45, 2.75) is 57.1 Å². The van der Waals surface area contributed by atoms with Gasteiger partial charge in [-0.3, -0.25) is 9.59 Å². The molecule has 176 valence electrons. The van der Waals surface area contributed by atoms with Crippen LogP contribution in [0.4, 0.5) is 0 Å². The lowest BCUT2D eigenvalue weighted by Crippen LogP contribution is -2.51. The number of hydrogen-bond donors (Lipinski definition) is 1. The Hall–Kier alpha value is -2.50. The van der Waals surface area contributed by atoms with Crippen LogP contribution in [0.1, 0.15) is 54.4 Å². The van der Waals surface area contributed by atoms with Gasteiger partial charge in [-0.1, -0.05) is 48.5 Å². The number of carbonyl (C=O) groups excluding carboxylic acids is 2. The van der Waals surface area contributed by atoms with E-state index in [1.165, 1.54) is 0 Å². The number of benzene rings is 2. The molecule has 1 heterocycles. The predicted octanol–water partition coefficient (Wildman–Crippen LogP) is 4.49. The van der Waals surface area contributed by atoms with E-state index in [4.69, 9.17) is 4.74 Å². The van der Waals surface area contributed by atoms with Gasteiger partial charge in [0, 0.05) is 18.7 Å². The van der Waals surface area contributed by atoms with E-state index in [0.29, 0.717) is 12.0 Å². The van der Waals surface area contributed by atoms with E-state index < -0.39 is 5.41 Å². The summed E-state index contributed by atoms with van der Waals surface area (Å²) >= 11 is 0. The predicted molar refractivity (Wildman–Crippen MR) is 131 cm³/mol. The van der Waals surface area contributed by atoms with Crippen LogP contribution in [0, 0.1) is 5.41 Å². The normalized spacial score (nSPS) is 24.4. The minimum Gasteiger partial charge on any atom is -0.381 e. The van der Waals surface area contributed by atoms with E-state index in [9.17, 15) is 9.59 Å². The second-order valence-corrected chi connectivity index (χ2v) is 9.85. The first-order valence-corrected chi connectivity index (χ1v) is 12.2. The molecule has 1 saturated carbocycles. The third-order valence-corrected chi connectivity index (χ3v) is 7.63. The molecule has 0 spiro atoms. The Morgan fingerprint density at radius 2 is 1.82 bits per heavy atom. The van der Waals surface area contributed by atoms with Gasteiger partial charge in [-0.15, -0.1) is 0 Å². The topological polar surface area (TPSA) is 58.6 Å². The molecule has 0 radical (unpaired) electrons. The van der Waals surface area contributed by atoms with Crippen LogP contribution in [-0.2, 0) is 16.0 Å². The lowest BCUT2D eigenvalue weighted by Gasteiger charge is -2.40. The highest BCUT2D eigenvalue weighted by molar-refractivity contribution is 5.87. The largest absolute Gasteiger partial charge is 0.381 e. The molecule has 5 heteroatoms. The van der Waals surface area contributed by atoms with E-state index in [0.717, 1.165) is 74.6 Å². The Bertz CT molecular complexity index is 957. The van der Waals surface area contributed by atoms with E-state index in [1.54, 1.807) is 7.11 Å². The zero-order valence-corrected chi connectivity index (χ0v) is 19.9. The average Bonchev–Trinajstić information content (AvgIpc) is 2.86. The molecule has 0 unspecified atom stereocenters. The molecule has 1 aliphatic heterocycles. The molecule has 0 aromatic heterocycles. The molecule has 2 aromatic rings. The summed E-state index contributed by atoms with van der Waals surface area (Å²) in [5.41, 5.74) is 3.36. The number of ether oxygens (including phenoxy) is 1. The maximum absolute atomic E-state index is 13.7. The maximum atomic E-state index is 13.7. The first-order chi connectivity index (χ1) is 16.0. The second kappa shape index (κ2) is 10.6. The average molecular weight is 449 g/mol. The zero-order chi connectivity index (χ0) is 23.3. The number of nitrogens with one attached hydrogen (secondary N) is 1. The molecule has 1 amide bonds. The summed E-state index contributed by atoms with van der Waals surface area (Å²) in [6.07, 6.45) is 7.35. The van der Waals surface area contributed by atoms with Gasteiger partial charge in [0.2, 0.25) is 5.91 Å². The first kappa shape index (κ1) is 23.7. The summed E-state index contributed by atoms with van der Waals surface area (Å²) in [5, 5.41) is 3.41. The summed E-state index contributed by atoms with van der Waals surface area (Å²) in [5.74, 6) is 0.199. The third-order valence-electron chi connectivity index (χ3n) is 7.63. The summed E-state index contributed by atoms with van der Waals surface area (Å²) in [4.78, 5) is 27.6. The molecule has 0 bridgehead atoms. The summed E-state index contributed by atoms with van der Waals surface area (Å²) in [7, 11) is 3.91. The molecular formula is C28H36N2O3. The van der Waals surface area contributed by atoms with Crippen molar-refractivity contribution in [2.75, 3.05) is 27.2 Å². The van der Waals surface area contributed by atoms with Crippen LogP contribution < -0.4 is 5.32 Å². The molecule has 5 nitrogen and oxygen atoms in total. The summed E-state index contributed by atoms with van der Waals surface area (Å²) < 4.78 is 5.61. The lowest BCUT2D eigenvalue weighted by atomic mass is 9.68. The SMILES string of the molecule is COC1CCC(Cc2cccc(-c3ccccc3C=O)c2)(C(=O)NC2CCN(C)CC2)CC1. The fourth-order valence-corrected chi connectivity index (χ4v) is 5.46. The number of aldehydes is 1. The number of hydrogen-bond acceptors (Lipinski definition) is 4. The van der Waals surface area contributed by atoms with Crippen LogP contribution in [0.15, 0.2) is 48.5 Å². The molecule has 1 saturated heterocycles. The van der Waals surface area contributed by atoms with Crippen molar-refractivity contribution in [3.8, 4) is 11.1 Å². The van der Waals surface area contributed by atoms with Crippen LogP contribution >= 0.6 is 0 Å². The molecule has 0 atom stereocenters. The smallest absolute Gasteiger partial charge is 0.226 e. The molecule has 1 aliphatic carbocycles. The van der Waals surface area contributed by atoms with Crippen LogP contribution in [0.3, 0.4) is 0 Å². The lowest BCUT2D eigenvalue weighted by molar-refractivity contribution is -0.135. The molecule has 1 N–H and O–H groups in total. The van der Waals surface area contributed by atoms with Crippen molar-refractivity contribution in [1.29, 1.82) is 0 Å². The van der Waals surface area contributed by atoms with Crippen molar-refractivity contribution in [2.24, 2.45) is 5.41 Å². The molecule has 2 fully saturated rings. The van der Waals surface area contributed by atoms with Gasteiger partial charge in [-0.05, 0) is 81.8 Å². The van der Waals surface area contributed by atoms with E-state index in [2.05, 4.69) is 29.4 Å². The molecule has 4 rings (SSSR count). The highest BCUT2D eigenvalue weighted by Crippen LogP contribution is 2.41. The highest BCUT2D eigenvalue weighted by atomic mass is 16.5. The molecule has 33 heavy (non-hydrogen) atoms. The van der Waals surface area contributed by atoms with E-state index in [-0.39, 0.29) is 18.1 Å². The number of piperidine rings is 1. The van der Waals surface area contributed by atoms with E-state index in [1.807, 2.05) is 36.4 Å². The van der Waals surface area contributed by atoms with Crippen molar-refractivity contribution < 1.29 is 14.3 Å². The van der Waals surface area contributed by atoms with Crippen molar-refractivity contribution in [1.82, 2.24) is 10.2 Å². The minimum absolute atomic E-state index is 0.199. The van der Waals surface area contributed by atoms with Gasteiger partial charge in [0.25, 0.3) is 0 Å². The van der Waals surface area contributed by atoms with E-state index >= 15 is 0 Å². The number of amides is 1. The quantitative estimate of drug-likeness (QED) is 0.634. The Labute approximate surface area is 197 Å². The summed E-state index contributed by atoms with van der Waals surface area (Å²) in [6, 6.07) is 16.3. The molecule has 2 aromatic carbocycles. The third kappa shape index (κ3) is 5.53. The fourth-order valence-electron chi connectivity index (χ4n) is 5.46. The second-order valence-electron chi connectivity index (χ2n) is 9.85. The van der Waals surface area contributed by atoms with Gasteiger partial charge in [0.15, 0.2) is 6.29 Å². The molecule has 2 aliphatic rings. The van der Waals surface area contributed by atoms with Gasteiger partial charge in [0.05, 0.1) is 11.5 Å². The van der Waals surface area contributed by atoms with Crippen molar-refractivity contribution >= 4 is 12.2 Å². The standard InChI is InChI=1S/C28H36N2O3/c1-30-16-12-24(13-17-30)29-27(32)28(14-10-25(33-2)11-15-28)19-21-6-5-8-22(18-21)26-9-4-3-7-23(26)20-31/h3-9,18,20,24-25H,10-17,19H2,1-2H3,(H,29,32). The van der Waals surface area contributed by atoms with Gasteiger partial charge in [-0.2, -0.15) is 0 Å². The Morgan fingerprint density at radius 3 is 2.52 bits per heavy atom. The Balaban J connectivity index is 1.57. The van der Waals surface area contributed by atoms with Gasteiger partial charge >= 0.3 is 0 Å². The van der Waals surface area contributed by atoms with Crippen LogP contribution in [0.25, 0.3) is 11.1 Å². The first-order valence-electron chi connectivity index (χ1n) is 12.2. The van der Waals surface area contributed by atoms with Crippen LogP contribution in [0.5, 0.6) is 0 Å². The van der Waals surface area contributed by atoms with Crippen molar-refractivity contribution in [3.63, 3.8) is 0 Å². The van der Waals surface area contributed by atoms with Crippen molar-refractivity contribution in [3.05, 3.63) is 59.7 Å². The van der Waals surface area contributed by atoms with Crippen LogP contribution in [-0.4, -0.2) is 56.5 Å². The number of carbonyl (C=O) groups is 2. The number of likely N-dealkylation sites (tertiary alicyclic amines) is 1.